The van der Waals surface area contributed by atoms with Crippen LogP contribution < -0.4 is 5.56 Å². The highest BCUT2D eigenvalue weighted by Gasteiger charge is 2.16. The van der Waals surface area contributed by atoms with Crippen molar-refractivity contribution in [3.05, 3.63) is 47.0 Å². The van der Waals surface area contributed by atoms with Gasteiger partial charge in [0.15, 0.2) is 11.2 Å². The summed E-state index contributed by atoms with van der Waals surface area (Å²) in [7, 11) is 0. The number of rotatable bonds is 4. The Morgan fingerprint density at radius 1 is 1.23 bits per heavy atom. The minimum atomic E-state index is -0.610. The number of nitrogens with zero attached hydrogens (tertiary/aromatic N) is 5. The van der Waals surface area contributed by atoms with Crippen molar-refractivity contribution < 1.29 is 5.11 Å². The van der Waals surface area contributed by atoms with Gasteiger partial charge in [-0.3, -0.25) is 9.36 Å². The van der Waals surface area contributed by atoms with Gasteiger partial charge in [0.05, 0.1) is 18.3 Å². The van der Waals surface area contributed by atoms with Crippen molar-refractivity contribution in [3.63, 3.8) is 0 Å². The van der Waals surface area contributed by atoms with E-state index in [0.29, 0.717) is 5.65 Å². The first-order valence-corrected chi connectivity index (χ1v) is 7.12. The van der Waals surface area contributed by atoms with Crippen LogP contribution in [0.4, 0.5) is 0 Å². The second-order valence-corrected chi connectivity index (χ2v) is 5.52. The summed E-state index contributed by atoms with van der Waals surface area (Å²) in [4.78, 5) is 16.7. The fourth-order valence-electron chi connectivity index (χ4n) is 2.13. The molecular formula is C15H17N5O2. The standard InChI is InChI=1S/C15H17N5O2/c1-10(2)12(21)8-19-9-16-14-13(15(19)22)17-18-20(14)11-6-4-3-5-7-11/h3-7,9-10,12,21H,8H2,1-2H3. The summed E-state index contributed by atoms with van der Waals surface area (Å²) < 4.78 is 2.90. The van der Waals surface area contributed by atoms with Crippen molar-refractivity contribution in [1.29, 1.82) is 0 Å². The number of aromatic nitrogens is 5. The Balaban J connectivity index is 2.05. The van der Waals surface area contributed by atoms with Gasteiger partial charge < -0.3 is 5.11 Å². The fourth-order valence-corrected chi connectivity index (χ4v) is 2.13. The van der Waals surface area contributed by atoms with Gasteiger partial charge in [0, 0.05) is 0 Å². The number of aliphatic hydroxyl groups excluding tert-OH is 1. The Labute approximate surface area is 126 Å². The maximum atomic E-state index is 12.4. The normalized spacial score (nSPS) is 12.9. The lowest BCUT2D eigenvalue weighted by Gasteiger charge is -2.15. The Kier molecular flexibility index (Phi) is 3.72. The van der Waals surface area contributed by atoms with Crippen LogP contribution in [0.5, 0.6) is 0 Å². The third kappa shape index (κ3) is 2.50. The van der Waals surface area contributed by atoms with E-state index in [9.17, 15) is 9.90 Å². The van der Waals surface area contributed by atoms with Crippen molar-refractivity contribution >= 4 is 11.2 Å². The zero-order chi connectivity index (χ0) is 15.7. The zero-order valence-electron chi connectivity index (χ0n) is 12.4. The highest BCUT2D eigenvalue weighted by atomic mass is 16.3. The molecule has 0 bridgehead atoms. The van der Waals surface area contributed by atoms with Crippen LogP contribution in [-0.2, 0) is 6.54 Å². The SMILES string of the molecule is CC(C)C(O)Cn1cnc2c(nnn2-c2ccccc2)c1=O. The molecule has 2 aromatic heterocycles. The van der Waals surface area contributed by atoms with Crippen LogP contribution in [0.3, 0.4) is 0 Å². The van der Waals surface area contributed by atoms with E-state index < -0.39 is 6.10 Å². The van der Waals surface area contributed by atoms with Gasteiger partial charge in [-0.25, -0.2) is 4.98 Å². The van der Waals surface area contributed by atoms with Crippen LogP contribution in [0, 0.1) is 5.92 Å². The van der Waals surface area contributed by atoms with E-state index in [0.717, 1.165) is 5.69 Å². The Morgan fingerprint density at radius 3 is 2.64 bits per heavy atom. The van der Waals surface area contributed by atoms with Crippen LogP contribution in [0.2, 0.25) is 0 Å². The molecule has 0 aliphatic rings. The van der Waals surface area contributed by atoms with Crippen molar-refractivity contribution in [2.24, 2.45) is 5.92 Å². The summed E-state index contributed by atoms with van der Waals surface area (Å²) in [6, 6.07) is 9.39. The molecule has 0 aliphatic heterocycles. The molecule has 3 aromatic rings. The molecule has 1 N–H and O–H groups in total. The van der Waals surface area contributed by atoms with E-state index >= 15 is 0 Å². The molecule has 7 heteroatoms. The van der Waals surface area contributed by atoms with Gasteiger partial charge >= 0.3 is 0 Å². The van der Waals surface area contributed by atoms with Gasteiger partial charge in [-0.05, 0) is 18.1 Å². The highest BCUT2D eigenvalue weighted by Crippen LogP contribution is 2.11. The molecule has 1 atom stereocenters. The van der Waals surface area contributed by atoms with Gasteiger partial charge in [-0.1, -0.05) is 37.3 Å². The van der Waals surface area contributed by atoms with Crippen LogP contribution in [0.1, 0.15) is 13.8 Å². The van der Waals surface area contributed by atoms with Gasteiger partial charge in [0.25, 0.3) is 5.56 Å². The summed E-state index contributed by atoms with van der Waals surface area (Å²) in [6.07, 6.45) is 0.820. The Bertz CT molecular complexity index is 838. The molecule has 0 saturated carbocycles. The quantitative estimate of drug-likeness (QED) is 0.776. The number of para-hydroxylation sites is 1. The number of fused-ring (bicyclic) bond motifs is 1. The fraction of sp³-hybridized carbons (Fsp3) is 0.333. The molecule has 1 aromatic carbocycles. The molecule has 0 fully saturated rings. The maximum absolute atomic E-state index is 12.4. The van der Waals surface area contributed by atoms with E-state index in [1.54, 1.807) is 0 Å². The van der Waals surface area contributed by atoms with Crippen molar-refractivity contribution in [3.8, 4) is 5.69 Å². The first-order valence-electron chi connectivity index (χ1n) is 7.12. The molecule has 22 heavy (non-hydrogen) atoms. The number of hydrogen-bond acceptors (Lipinski definition) is 5. The van der Waals surface area contributed by atoms with Crippen LogP contribution in [0.15, 0.2) is 41.5 Å². The summed E-state index contributed by atoms with van der Waals surface area (Å²) in [6.45, 7) is 3.98. The summed E-state index contributed by atoms with van der Waals surface area (Å²) in [5.41, 5.74) is 1.09. The van der Waals surface area contributed by atoms with Gasteiger partial charge in [-0.15, -0.1) is 5.10 Å². The van der Waals surface area contributed by atoms with E-state index in [1.807, 2.05) is 44.2 Å². The van der Waals surface area contributed by atoms with Crippen LogP contribution in [-0.4, -0.2) is 35.8 Å². The lowest BCUT2D eigenvalue weighted by molar-refractivity contribution is 0.105. The second-order valence-electron chi connectivity index (χ2n) is 5.52. The summed E-state index contributed by atoms with van der Waals surface area (Å²) in [5.74, 6) is 0.0580. The summed E-state index contributed by atoms with van der Waals surface area (Å²) >= 11 is 0. The predicted molar refractivity (Wildman–Crippen MR) is 81.8 cm³/mol. The van der Waals surface area contributed by atoms with E-state index in [1.165, 1.54) is 15.6 Å². The van der Waals surface area contributed by atoms with Gasteiger partial charge in [-0.2, -0.15) is 4.68 Å². The second kappa shape index (κ2) is 5.69. The monoisotopic (exact) mass is 299 g/mol. The largest absolute Gasteiger partial charge is 0.391 e. The molecular weight excluding hydrogens is 282 g/mol. The number of hydrogen-bond donors (Lipinski definition) is 1. The molecule has 0 saturated heterocycles. The average Bonchev–Trinajstić information content (AvgIpc) is 2.95. The van der Waals surface area contributed by atoms with Crippen molar-refractivity contribution in [2.45, 2.75) is 26.5 Å². The molecule has 3 rings (SSSR count). The third-order valence-corrected chi connectivity index (χ3v) is 3.58. The first-order chi connectivity index (χ1) is 10.6. The van der Waals surface area contributed by atoms with E-state index in [2.05, 4.69) is 15.3 Å². The lowest BCUT2D eigenvalue weighted by Crippen LogP contribution is -2.29. The topological polar surface area (TPSA) is 85.8 Å². The predicted octanol–water partition coefficient (Wildman–Crippen LogP) is 0.994. The molecule has 0 spiro atoms. The van der Waals surface area contributed by atoms with E-state index in [4.69, 9.17) is 0 Å². The van der Waals surface area contributed by atoms with Crippen molar-refractivity contribution in [2.75, 3.05) is 0 Å². The molecule has 1 unspecified atom stereocenters. The smallest absolute Gasteiger partial charge is 0.283 e. The Morgan fingerprint density at radius 2 is 1.95 bits per heavy atom. The molecule has 0 amide bonds. The zero-order valence-corrected chi connectivity index (χ0v) is 12.4. The maximum Gasteiger partial charge on any atom is 0.283 e. The Hall–Kier alpha value is -2.54. The number of benzene rings is 1. The van der Waals surface area contributed by atoms with Crippen LogP contribution in [0.25, 0.3) is 16.9 Å². The third-order valence-electron chi connectivity index (χ3n) is 3.58. The average molecular weight is 299 g/mol. The van der Waals surface area contributed by atoms with E-state index in [-0.39, 0.29) is 23.5 Å². The molecule has 2 heterocycles. The van der Waals surface area contributed by atoms with Gasteiger partial charge in [0.2, 0.25) is 0 Å². The molecule has 0 aliphatic carbocycles. The minimum absolute atomic E-state index is 0.0580. The number of aliphatic hydroxyl groups is 1. The highest BCUT2D eigenvalue weighted by molar-refractivity contribution is 5.70. The molecule has 7 nitrogen and oxygen atoms in total. The van der Waals surface area contributed by atoms with Crippen LogP contribution >= 0.6 is 0 Å². The lowest BCUT2D eigenvalue weighted by atomic mass is 10.1. The minimum Gasteiger partial charge on any atom is -0.391 e. The first kappa shape index (κ1) is 14.4. The molecule has 114 valence electrons. The van der Waals surface area contributed by atoms with Gasteiger partial charge in [0.1, 0.15) is 6.33 Å². The molecule has 0 radical (unpaired) electrons. The van der Waals surface area contributed by atoms with Crippen molar-refractivity contribution in [1.82, 2.24) is 24.5 Å². The summed E-state index contributed by atoms with van der Waals surface area (Å²) in [5, 5.41) is 17.9.